The van der Waals surface area contributed by atoms with Crippen molar-refractivity contribution in [2.24, 2.45) is 0 Å². The summed E-state index contributed by atoms with van der Waals surface area (Å²) in [4.78, 5) is 21.6. The Morgan fingerprint density at radius 1 is 1.19 bits per heavy atom. The first-order valence-electron chi connectivity index (χ1n) is 10.1. The molecule has 0 fully saturated rings. The number of benzene rings is 1. The van der Waals surface area contributed by atoms with E-state index < -0.39 is 0 Å². The second-order valence-corrected chi connectivity index (χ2v) is 7.68. The molecule has 0 aliphatic heterocycles. The molecule has 0 radical (unpaired) electrons. The van der Waals surface area contributed by atoms with E-state index in [2.05, 4.69) is 25.5 Å². The highest BCUT2D eigenvalue weighted by Gasteiger charge is 2.17. The van der Waals surface area contributed by atoms with Gasteiger partial charge >= 0.3 is 0 Å². The van der Waals surface area contributed by atoms with E-state index in [4.69, 9.17) is 4.52 Å². The minimum absolute atomic E-state index is 0.174. The van der Waals surface area contributed by atoms with Gasteiger partial charge in [0.05, 0.1) is 17.5 Å². The van der Waals surface area contributed by atoms with Crippen LogP contribution in [0.1, 0.15) is 52.8 Å². The maximum absolute atomic E-state index is 12.7. The van der Waals surface area contributed by atoms with Crippen molar-refractivity contribution in [1.82, 2.24) is 30.2 Å². The molecule has 0 aliphatic carbocycles. The zero-order valence-electron chi connectivity index (χ0n) is 18.0. The highest BCUT2D eigenvalue weighted by atomic mass is 16.5. The molecule has 1 N–H and O–H groups in total. The van der Waals surface area contributed by atoms with Crippen LogP contribution >= 0.6 is 0 Å². The van der Waals surface area contributed by atoms with Crippen LogP contribution in [0.4, 0.5) is 0 Å². The third-order valence-corrected chi connectivity index (χ3v) is 5.12. The Labute approximate surface area is 180 Å². The lowest BCUT2D eigenvalue weighted by atomic mass is 10.1. The Bertz CT molecular complexity index is 1220. The summed E-state index contributed by atoms with van der Waals surface area (Å²) < 4.78 is 7.01. The summed E-state index contributed by atoms with van der Waals surface area (Å²) in [5, 5.41) is 11.3. The fraction of sp³-hybridized carbons (Fsp3) is 0.261. The third-order valence-electron chi connectivity index (χ3n) is 5.12. The lowest BCUT2D eigenvalue weighted by molar-refractivity contribution is 0.0950. The van der Waals surface area contributed by atoms with Crippen molar-refractivity contribution in [3.05, 3.63) is 77.0 Å². The van der Waals surface area contributed by atoms with E-state index >= 15 is 0 Å². The van der Waals surface area contributed by atoms with Crippen LogP contribution in [0, 0.1) is 13.8 Å². The highest BCUT2D eigenvalue weighted by molar-refractivity contribution is 5.95. The zero-order valence-corrected chi connectivity index (χ0v) is 18.0. The predicted octanol–water partition coefficient (Wildman–Crippen LogP) is 3.99. The molecule has 0 aliphatic rings. The van der Waals surface area contributed by atoms with Gasteiger partial charge in [-0.1, -0.05) is 43.3 Å². The normalized spacial score (nSPS) is 11.1. The number of amides is 1. The molecule has 3 heterocycles. The van der Waals surface area contributed by atoms with E-state index in [0.29, 0.717) is 35.3 Å². The van der Waals surface area contributed by atoms with Gasteiger partial charge in [-0.3, -0.25) is 4.79 Å². The van der Waals surface area contributed by atoms with Gasteiger partial charge in [0, 0.05) is 24.2 Å². The number of rotatable bonds is 6. The smallest absolute Gasteiger partial charge is 0.258 e. The minimum atomic E-state index is -0.179. The Morgan fingerprint density at radius 3 is 2.74 bits per heavy atom. The predicted molar refractivity (Wildman–Crippen MR) is 116 cm³/mol. The molecule has 0 saturated heterocycles. The molecule has 158 valence electrons. The van der Waals surface area contributed by atoms with Gasteiger partial charge < -0.3 is 9.84 Å². The number of carbonyl (C=O) groups excluding carboxylic acids is 1. The van der Waals surface area contributed by atoms with Crippen LogP contribution in [0.5, 0.6) is 0 Å². The van der Waals surface area contributed by atoms with E-state index in [-0.39, 0.29) is 11.8 Å². The van der Waals surface area contributed by atoms with Gasteiger partial charge in [-0.25, -0.2) is 9.67 Å². The zero-order chi connectivity index (χ0) is 22.0. The summed E-state index contributed by atoms with van der Waals surface area (Å²) in [7, 11) is 0. The SMILES string of the molecule is Cc1ccccc1CNC(=O)c1cnn(-c2cc(-c3nc(C(C)C)no3)ccn2)c1C. The molecule has 0 saturated carbocycles. The van der Waals surface area contributed by atoms with E-state index in [1.165, 1.54) is 0 Å². The summed E-state index contributed by atoms with van der Waals surface area (Å²) in [5.41, 5.74) is 4.15. The average Bonchev–Trinajstić information content (AvgIpc) is 3.40. The van der Waals surface area contributed by atoms with E-state index in [1.54, 1.807) is 23.1 Å². The monoisotopic (exact) mass is 416 g/mol. The third kappa shape index (κ3) is 4.23. The first-order chi connectivity index (χ1) is 14.9. The van der Waals surface area contributed by atoms with Crippen molar-refractivity contribution < 1.29 is 9.32 Å². The van der Waals surface area contributed by atoms with E-state index in [1.807, 2.05) is 58.0 Å². The first-order valence-corrected chi connectivity index (χ1v) is 10.1. The van der Waals surface area contributed by atoms with Crippen LogP contribution < -0.4 is 5.32 Å². The summed E-state index contributed by atoms with van der Waals surface area (Å²) in [5.74, 6) is 1.64. The van der Waals surface area contributed by atoms with Crippen LogP contribution in [0.25, 0.3) is 17.3 Å². The number of hydrogen-bond acceptors (Lipinski definition) is 6. The van der Waals surface area contributed by atoms with Gasteiger partial charge in [-0.15, -0.1) is 0 Å². The Kier molecular flexibility index (Phi) is 5.62. The van der Waals surface area contributed by atoms with E-state index in [0.717, 1.165) is 16.7 Å². The number of hydrogen-bond donors (Lipinski definition) is 1. The van der Waals surface area contributed by atoms with Gasteiger partial charge in [0.15, 0.2) is 11.6 Å². The van der Waals surface area contributed by atoms with Gasteiger partial charge in [-0.2, -0.15) is 10.1 Å². The van der Waals surface area contributed by atoms with Crippen molar-refractivity contribution in [2.75, 3.05) is 0 Å². The van der Waals surface area contributed by atoms with Gasteiger partial charge in [0.2, 0.25) is 0 Å². The second kappa shape index (κ2) is 8.51. The van der Waals surface area contributed by atoms with Crippen molar-refractivity contribution >= 4 is 5.91 Å². The fourth-order valence-corrected chi connectivity index (χ4v) is 3.20. The molecule has 0 spiro atoms. The summed E-state index contributed by atoms with van der Waals surface area (Å²) in [6, 6.07) is 11.6. The molecule has 31 heavy (non-hydrogen) atoms. The Balaban J connectivity index is 1.55. The summed E-state index contributed by atoms with van der Waals surface area (Å²) in [6.45, 7) is 8.33. The van der Waals surface area contributed by atoms with Crippen LogP contribution in [0.3, 0.4) is 0 Å². The van der Waals surface area contributed by atoms with Gasteiger partial charge in [0.1, 0.15) is 0 Å². The molecule has 0 bridgehead atoms. The highest BCUT2D eigenvalue weighted by Crippen LogP contribution is 2.22. The number of aryl methyl sites for hydroxylation is 1. The van der Waals surface area contributed by atoms with Crippen LogP contribution in [-0.4, -0.2) is 30.8 Å². The van der Waals surface area contributed by atoms with Crippen molar-refractivity contribution in [1.29, 1.82) is 0 Å². The molecule has 8 nitrogen and oxygen atoms in total. The van der Waals surface area contributed by atoms with Crippen LogP contribution in [-0.2, 0) is 6.54 Å². The first kappa shape index (κ1) is 20.5. The molecule has 1 aromatic carbocycles. The quantitative estimate of drug-likeness (QED) is 0.510. The molecule has 4 rings (SSSR count). The lowest BCUT2D eigenvalue weighted by Gasteiger charge is -2.08. The van der Waals surface area contributed by atoms with Crippen LogP contribution in [0.15, 0.2) is 53.3 Å². The van der Waals surface area contributed by atoms with Gasteiger partial charge in [-0.05, 0) is 37.1 Å². The van der Waals surface area contributed by atoms with Crippen molar-refractivity contribution in [3.8, 4) is 17.3 Å². The Morgan fingerprint density at radius 2 is 2.00 bits per heavy atom. The Hall–Kier alpha value is -3.81. The molecule has 1 amide bonds. The average molecular weight is 416 g/mol. The molecule has 3 aromatic heterocycles. The minimum Gasteiger partial charge on any atom is -0.348 e. The van der Waals surface area contributed by atoms with E-state index in [9.17, 15) is 4.79 Å². The topological polar surface area (TPSA) is 98.7 Å². The number of nitrogens with zero attached hydrogens (tertiary/aromatic N) is 5. The van der Waals surface area contributed by atoms with Gasteiger partial charge in [0.25, 0.3) is 11.8 Å². The maximum atomic E-state index is 12.7. The number of aromatic nitrogens is 5. The molecular weight excluding hydrogens is 392 g/mol. The number of carbonyl (C=O) groups is 1. The number of pyridine rings is 1. The number of nitrogens with one attached hydrogen (secondary N) is 1. The molecule has 0 atom stereocenters. The summed E-state index contributed by atoms with van der Waals surface area (Å²) in [6.07, 6.45) is 3.21. The maximum Gasteiger partial charge on any atom is 0.258 e. The largest absolute Gasteiger partial charge is 0.348 e. The van der Waals surface area contributed by atoms with Crippen molar-refractivity contribution in [2.45, 2.75) is 40.2 Å². The molecule has 8 heteroatoms. The fourth-order valence-electron chi connectivity index (χ4n) is 3.20. The summed E-state index contributed by atoms with van der Waals surface area (Å²) >= 11 is 0. The molecule has 0 unspecified atom stereocenters. The second-order valence-electron chi connectivity index (χ2n) is 7.68. The van der Waals surface area contributed by atoms with Crippen molar-refractivity contribution in [3.63, 3.8) is 0 Å². The lowest BCUT2D eigenvalue weighted by Crippen LogP contribution is -2.23. The standard InChI is InChI=1S/C23H24N6O2/c1-14(2)21-27-23(31-28-21)17-9-10-24-20(11-17)29-16(4)19(13-26-29)22(30)25-12-18-8-6-5-7-15(18)3/h5-11,13-14H,12H2,1-4H3,(H,25,30). The molecule has 4 aromatic rings. The molecular formula is C23H24N6O2. The van der Waals surface area contributed by atoms with Crippen LogP contribution in [0.2, 0.25) is 0 Å².